The molecule has 1 aromatic rings. The van der Waals surface area contributed by atoms with Gasteiger partial charge in [-0.25, -0.2) is 0 Å². The van der Waals surface area contributed by atoms with E-state index in [1.54, 1.807) is 11.1 Å². The van der Waals surface area contributed by atoms with Gasteiger partial charge in [0.15, 0.2) is 0 Å². The summed E-state index contributed by atoms with van der Waals surface area (Å²) >= 11 is 0. The third-order valence-corrected chi connectivity index (χ3v) is 5.70. The van der Waals surface area contributed by atoms with Gasteiger partial charge >= 0.3 is 0 Å². The summed E-state index contributed by atoms with van der Waals surface area (Å²) in [6.45, 7) is 6.05. The fraction of sp³-hybridized carbons (Fsp3) is 0.647. The second kappa shape index (κ2) is 5.57. The minimum absolute atomic E-state index is 0. The molecule has 106 valence electrons. The van der Waals surface area contributed by atoms with Crippen molar-refractivity contribution >= 4 is 17.0 Å². The van der Waals surface area contributed by atoms with Crippen LogP contribution in [0.2, 0.25) is 0 Å². The van der Waals surface area contributed by atoms with Crippen LogP contribution in [0.15, 0.2) is 24.3 Å². The van der Waals surface area contributed by atoms with Gasteiger partial charge in [0.25, 0.3) is 0 Å². The molecule has 0 radical (unpaired) electrons. The van der Waals surface area contributed by atoms with Crippen LogP contribution in [0.4, 0.5) is 0 Å². The van der Waals surface area contributed by atoms with Crippen molar-refractivity contribution in [1.29, 1.82) is 0 Å². The van der Waals surface area contributed by atoms with Crippen LogP contribution in [-0.2, 0) is 11.8 Å². The normalized spacial score (nSPS) is 33.4. The number of likely N-dealkylation sites (N-methyl/N-ethyl adjacent to an activating group) is 1. The Labute approximate surface area is 128 Å². The summed E-state index contributed by atoms with van der Waals surface area (Å²) < 4.78 is 0. The summed E-state index contributed by atoms with van der Waals surface area (Å²) in [5, 5.41) is 0. The fourth-order valence-electron chi connectivity index (χ4n) is 4.74. The summed E-state index contributed by atoms with van der Waals surface area (Å²) in [5.74, 6) is 0.844. The van der Waals surface area contributed by atoms with Gasteiger partial charge < -0.3 is 4.90 Å². The highest BCUT2D eigenvalue weighted by Crippen LogP contribution is 2.51. The molecule has 2 aliphatic rings. The maximum Gasteiger partial charge on any atom is 0.0169 e. The Morgan fingerprint density at radius 1 is 1.26 bits per heavy atom. The summed E-state index contributed by atoms with van der Waals surface area (Å²) in [5.41, 5.74) is 3.74. The van der Waals surface area contributed by atoms with E-state index in [1.807, 2.05) is 0 Å². The zero-order valence-corrected chi connectivity index (χ0v) is 14.1. The maximum absolute atomic E-state index is 2.61. The fourth-order valence-corrected chi connectivity index (χ4v) is 4.74. The van der Waals surface area contributed by atoms with Gasteiger partial charge in [-0.1, -0.05) is 44.5 Å². The molecule has 1 nitrogen and oxygen atoms in total. The minimum atomic E-state index is 0. The Morgan fingerprint density at radius 2 is 2.00 bits per heavy atom. The first kappa shape index (κ1) is 15.1. The van der Waals surface area contributed by atoms with E-state index in [4.69, 9.17) is 0 Å². The summed E-state index contributed by atoms with van der Waals surface area (Å²) in [4.78, 5) is 2.61. The van der Waals surface area contributed by atoms with Gasteiger partial charge in [-0.15, -0.1) is 17.0 Å². The van der Waals surface area contributed by atoms with Crippen molar-refractivity contribution in [2.75, 3.05) is 13.6 Å². The lowest BCUT2D eigenvalue weighted by atomic mass is 9.55. The van der Waals surface area contributed by atoms with Crippen molar-refractivity contribution in [3.8, 4) is 0 Å². The Balaban J connectivity index is 0.00000133. The lowest BCUT2D eigenvalue weighted by Gasteiger charge is -2.56. The number of hydrogen-bond acceptors (Lipinski definition) is 1. The van der Waals surface area contributed by atoms with Crippen LogP contribution in [0, 0.1) is 5.92 Å². The predicted octanol–water partition coefficient (Wildman–Crippen LogP) is 4.20. The molecular weight excluding hydrogens is 298 g/mol. The number of fused-ring (bicyclic) bond motifs is 4. The van der Waals surface area contributed by atoms with E-state index in [0.29, 0.717) is 5.41 Å². The average Bonchev–Trinajstić information content (AvgIpc) is 2.42. The Morgan fingerprint density at radius 3 is 2.68 bits per heavy atom. The van der Waals surface area contributed by atoms with Gasteiger partial charge in [0.2, 0.25) is 0 Å². The van der Waals surface area contributed by atoms with Gasteiger partial charge in [-0.05, 0) is 49.9 Å². The SMILES string of the molecule is Br.CC[C@@H]1[C@@H]2Cc3ccccc3[C@]1(CC)CCN2C. The van der Waals surface area contributed by atoms with E-state index < -0.39 is 0 Å². The minimum Gasteiger partial charge on any atom is -0.303 e. The molecular formula is C17H26BrN. The van der Waals surface area contributed by atoms with E-state index in [2.05, 4.69) is 50.1 Å². The number of piperidine rings is 1. The second-order valence-corrected chi connectivity index (χ2v) is 6.18. The molecule has 3 rings (SSSR count). The van der Waals surface area contributed by atoms with E-state index in [0.717, 1.165) is 12.0 Å². The molecule has 0 saturated carbocycles. The van der Waals surface area contributed by atoms with Crippen molar-refractivity contribution in [2.24, 2.45) is 5.92 Å². The standard InChI is InChI=1S/C17H25N.BrH/c1-4-14-16-12-13-8-6-7-9-15(13)17(14,5-2)10-11-18(16)3;/h6-9,14,16H,4-5,10-12H2,1-3H3;1H/t14-,16+,17-;/m1./s1. The molecule has 1 saturated heterocycles. The number of likely N-dealkylation sites (tertiary alicyclic amines) is 1. The quantitative estimate of drug-likeness (QED) is 0.788. The van der Waals surface area contributed by atoms with Crippen LogP contribution in [-0.4, -0.2) is 24.5 Å². The van der Waals surface area contributed by atoms with E-state index in [-0.39, 0.29) is 17.0 Å². The molecule has 1 fully saturated rings. The number of nitrogens with zero attached hydrogens (tertiary/aromatic N) is 1. The van der Waals surface area contributed by atoms with Gasteiger partial charge in [0.05, 0.1) is 0 Å². The Hall–Kier alpha value is -0.340. The maximum atomic E-state index is 2.61. The molecule has 3 atom stereocenters. The highest BCUT2D eigenvalue weighted by atomic mass is 79.9. The van der Waals surface area contributed by atoms with Crippen molar-refractivity contribution in [1.82, 2.24) is 4.90 Å². The number of benzene rings is 1. The highest BCUT2D eigenvalue weighted by molar-refractivity contribution is 8.93. The molecule has 0 aromatic heterocycles. The predicted molar refractivity (Wildman–Crippen MR) is 87.3 cm³/mol. The number of halogens is 1. The van der Waals surface area contributed by atoms with Gasteiger partial charge in [-0.3, -0.25) is 0 Å². The van der Waals surface area contributed by atoms with Crippen molar-refractivity contribution < 1.29 is 0 Å². The molecule has 0 N–H and O–H groups in total. The zero-order valence-electron chi connectivity index (χ0n) is 12.4. The first-order valence-corrected chi connectivity index (χ1v) is 7.51. The van der Waals surface area contributed by atoms with Crippen molar-refractivity contribution in [2.45, 2.75) is 51.0 Å². The monoisotopic (exact) mass is 323 g/mol. The van der Waals surface area contributed by atoms with Crippen LogP contribution in [0.1, 0.15) is 44.2 Å². The summed E-state index contributed by atoms with van der Waals surface area (Å²) in [6, 6.07) is 9.98. The summed E-state index contributed by atoms with van der Waals surface area (Å²) in [6.07, 6.45) is 5.21. The van der Waals surface area contributed by atoms with Gasteiger partial charge in [0.1, 0.15) is 0 Å². The molecule has 0 amide bonds. The van der Waals surface area contributed by atoms with Crippen LogP contribution in [0.3, 0.4) is 0 Å². The van der Waals surface area contributed by atoms with E-state index >= 15 is 0 Å². The van der Waals surface area contributed by atoms with Gasteiger partial charge in [0, 0.05) is 11.5 Å². The van der Waals surface area contributed by atoms with E-state index in [9.17, 15) is 0 Å². The van der Waals surface area contributed by atoms with Crippen LogP contribution >= 0.6 is 17.0 Å². The van der Waals surface area contributed by atoms with Crippen LogP contribution in [0.25, 0.3) is 0 Å². The summed E-state index contributed by atoms with van der Waals surface area (Å²) in [7, 11) is 2.32. The molecule has 2 heteroatoms. The second-order valence-electron chi connectivity index (χ2n) is 6.18. The first-order chi connectivity index (χ1) is 8.73. The zero-order chi connectivity index (χ0) is 12.8. The molecule has 0 unspecified atom stereocenters. The molecule has 1 aromatic carbocycles. The highest BCUT2D eigenvalue weighted by Gasteiger charge is 2.50. The smallest absolute Gasteiger partial charge is 0.0169 e. The lowest BCUT2D eigenvalue weighted by molar-refractivity contribution is 0.0259. The third kappa shape index (κ3) is 2.08. The molecule has 1 heterocycles. The number of hydrogen-bond donors (Lipinski definition) is 0. The molecule has 1 aliphatic heterocycles. The Kier molecular flexibility index (Phi) is 4.42. The molecule has 1 aliphatic carbocycles. The lowest BCUT2D eigenvalue weighted by Crippen LogP contribution is -2.58. The largest absolute Gasteiger partial charge is 0.303 e. The topological polar surface area (TPSA) is 3.24 Å². The third-order valence-electron chi connectivity index (χ3n) is 5.70. The van der Waals surface area contributed by atoms with E-state index in [1.165, 1.54) is 32.2 Å². The molecule has 2 bridgehead atoms. The Bertz CT molecular complexity index is 445. The molecule has 0 spiro atoms. The van der Waals surface area contributed by atoms with Crippen LogP contribution < -0.4 is 0 Å². The van der Waals surface area contributed by atoms with Crippen molar-refractivity contribution in [3.63, 3.8) is 0 Å². The van der Waals surface area contributed by atoms with Gasteiger partial charge in [-0.2, -0.15) is 0 Å². The first-order valence-electron chi connectivity index (χ1n) is 7.51. The van der Waals surface area contributed by atoms with Crippen LogP contribution in [0.5, 0.6) is 0 Å². The number of rotatable bonds is 2. The average molecular weight is 324 g/mol. The van der Waals surface area contributed by atoms with Crippen molar-refractivity contribution in [3.05, 3.63) is 35.4 Å². The molecule has 19 heavy (non-hydrogen) atoms.